The Balaban J connectivity index is 2.34. The summed E-state index contributed by atoms with van der Waals surface area (Å²) in [5.41, 5.74) is 0.897. The number of carbonyl (C=O) groups is 2. The molecule has 0 aromatic heterocycles. The SMILES string of the molecule is O=C(Cc1ccccc1)NCC(=O)OS. The van der Waals surface area contributed by atoms with E-state index in [0.717, 1.165) is 5.56 Å². The highest BCUT2D eigenvalue weighted by molar-refractivity contribution is 7.75. The van der Waals surface area contributed by atoms with E-state index < -0.39 is 5.97 Å². The van der Waals surface area contributed by atoms with Crippen molar-refractivity contribution in [2.75, 3.05) is 6.54 Å². The van der Waals surface area contributed by atoms with Gasteiger partial charge >= 0.3 is 5.97 Å². The lowest BCUT2D eigenvalue weighted by Crippen LogP contribution is -2.30. The Hall–Kier alpha value is -1.49. The van der Waals surface area contributed by atoms with E-state index >= 15 is 0 Å². The van der Waals surface area contributed by atoms with Crippen molar-refractivity contribution in [1.82, 2.24) is 5.32 Å². The summed E-state index contributed by atoms with van der Waals surface area (Å²) in [6.07, 6.45) is 0.251. The Morgan fingerprint density at radius 3 is 2.53 bits per heavy atom. The highest BCUT2D eigenvalue weighted by Gasteiger charge is 2.05. The van der Waals surface area contributed by atoms with Crippen LogP contribution in [0.15, 0.2) is 30.3 Å². The highest BCUT2D eigenvalue weighted by Crippen LogP contribution is 1.98. The van der Waals surface area contributed by atoms with E-state index in [9.17, 15) is 9.59 Å². The molecule has 1 rings (SSSR count). The van der Waals surface area contributed by atoms with Crippen LogP contribution in [0, 0.1) is 0 Å². The van der Waals surface area contributed by atoms with E-state index in [1.54, 1.807) is 0 Å². The Morgan fingerprint density at radius 2 is 1.93 bits per heavy atom. The van der Waals surface area contributed by atoms with E-state index in [-0.39, 0.29) is 18.9 Å². The van der Waals surface area contributed by atoms with Gasteiger partial charge in [0.05, 0.1) is 6.42 Å². The molecule has 0 fully saturated rings. The minimum atomic E-state index is -0.584. The van der Waals surface area contributed by atoms with Crippen LogP contribution in [0.1, 0.15) is 5.56 Å². The highest BCUT2D eigenvalue weighted by atomic mass is 32.1. The Labute approximate surface area is 93.2 Å². The normalized spacial score (nSPS) is 9.40. The van der Waals surface area contributed by atoms with Crippen molar-refractivity contribution in [2.45, 2.75) is 6.42 Å². The predicted molar refractivity (Wildman–Crippen MR) is 58.2 cm³/mol. The average Bonchev–Trinajstić information content (AvgIpc) is 2.27. The summed E-state index contributed by atoms with van der Waals surface area (Å²) < 4.78 is 4.09. The minimum absolute atomic E-state index is 0.158. The molecule has 0 saturated heterocycles. The van der Waals surface area contributed by atoms with Crippen molar-refractivity contribution in [2.24, 2.45) is 0 Å². The maximum Gasteiger partial charge on any atom is 0.337 e. The van der Waals surface area contributed by atoms with Crippen LogP contribution >= 0.6 is 12.9 Å². The van der Waals surface area contributed by atoms with E-state index in [2.05, 4.69) is 22.4 Å². The summed E-state index contributed by atoms with van der Waals surface area (Å²) in [7, 11) is 0. The summed E-state index contributed by atoms with van der Waals surface area (Å²) in [5.74, 6) is -0.806. The Kier molecular flexibility index (Phi) is 4.70. The van der Waals surface area contributed by atoms with Crippen LogP contribution in [0.2, 0.25) is 0 Å². The second-order valence-corrected chi connectivity index (χ2v) is 3.08. The van der Waals surface area contributed by atoms with Crippen molar-refractivity contribution in [1.29, 1.82) is 0 Å². The molecule has 0 spiro atoms. The maximum atomic E-state index is 11.3. The van der Waals surface area contributed by atoms with Gasteiger partial charge in [0.15, 0.2) is 0 Å². The fourth-order valence-electron chi connectivity index (χ4n) is 1.05. The summed E-state index contributed by atoms with van der Waals surface area (Å²) in [6, 6.07) is 9.27. The second-order valence-electron chi connectivity index (χ2n) is 2.90. The Morgan fingerprint density at radius 1 is 1.27 bits per heavy atom. The third-order valence-corrected chi connectivity index (χ3v) is 1.94. The van der Waals surface area contributed by atoms with Crippen LogP contribution in [-0.2, 0) is 20.2 Å². The number of hydrogen-bond acceptors (Lipinski definition) is 4. The van der Waals surface area contributed by atoms with Gasteiger partial charge in [-0.3, -0.25) is 4.79 Å². The number of rotatable bonds is 4. The maximum absolute atomic E-state index is 11.3. The van der Waals surface area contributed by atoms with Crippen LogP contribution in [0.25, 0.3) is 0 Å². The third-order valence-electron chi connectivity index (χ3n) is 1.74. The largest absolute Gasteiger partial charge is 0.393 e. The molecule has 0 heterocycles. The van der Waals surface area contributed by atoms with Gasteiger partial charge in [0, 0.05) is 12.9 Å². The van der Waals surface area contributed by atoms with Gasteiger partial charge in [0.25, 0.3) is 0 Å². The summed E-state index contributed by atoms with van der Waals surface area (Å²) in [5, 5.41) is 2.42. The fourth-order valence-corrected chi connectivity index (χ4v) is 1.11. The smallest absolute Gasteiger partial charge is 0.337 e. The molecule has 15 heavy (non-hydrogen) atoms. The molecule has 0 aliphatic heterocycles. The molecule has 0 bridgehead atoms. The third kappa shape index (κ3) is 4.51. The quantitative estimate of drug-likeness (QED) is 0.587. The lowest BCUT2D eigenvalue weighted by Gasteiger charge is -2.02. The second kappa shape index (κ2) is 6.08. The van der Waals surface area contributed by atoms with Gasteiger partial charge < -0.3 is 9.50 Å². The molecule has 0 atom stereocenters. The van der Waals surface area contributed by atoms with Gasteiger partial charge in [0.1, 0.15) is 6.54 Å². The zero-order chi connectivity index (χ0) is 11.1. The van der Waals surface area contributed by atoms with Gasteiger partial charge in [0.2, 0.25) is 5.91 Å². The molecular weight excluding hydrogens is 214 g/mol. The first-order chi connectivity index (χ1) is 7.22. The number of carbonyl (C=O) groups excluding carboxylic acids is 2. The van der Waals surface area contributed by atoms with Gasteiger partial charge in [-0.25, -0.2) is 4.79 Å². The summed E-state index contributed by atoms with van der Waals surface area (Å²) >= 11 is 3.32. The molecule has 4 nitrogen and oxygen atoms in total. The average molecular weight is 225 g/mol. The summed E-state index contributed by atoms with van der Waals surface area (Å²) in [4.78, 5) is 21.9. The molecule has 0 saturated carbocycles. The first-order valence-corrected chi connectivity index (χ1v) is 4.73. The van der Waals surface area contributed by atoms with Gasteiger partial charge in [-0.2, -0.15) is 0 Å². The van der Waals surface area contributed by atoms with E-state index in [1.165, 1.54) is 0 Å². The fraction of sp³-hybridized carbons (Fsp3) is 0.200. The molecule has 0 aliphatic rings. The van der Waals surface area contributed by atoms with E-state index in [1.807, 2.05) is 30.3 Å². The van der Waals surface area contributed by atoms with Crippen molar-refractivity contribution >= 4 is 24.8 Å². The number of amides is 1. The zero-order valence-corrected chi connectivity index (χ0v) is 8.87. The monoisotopic (exact) mass is 225 g/mol. The van der Waals surface area contributed by atoms with E-state index in [4.69, 9.17) is 0 Å². The van der Waals surface area contributed by atoms with Gasteiger partial charge in [-0.15, -0.1) is 0 Å². The van der Waals surface area contributed by atoms with Crippen molar-refractivity contribution in [3.8, 4) is 0 Å². The Bertz CT molecular complexity index is 340. The number of benzene rings is 1. The molecule has 1 aromatic carbocycles. The lowest BCUT2D eigenvalue weighted by molar-refractivity contribution is -0.134. The van der Waals surface area contributed by atoms with Crippen LogP contribution < -0.4 is 5.32 Å². The molecule has 1 N–H and O–H groups in total. The predicted octanol–water partition coefficient (Wildman–Crippen LogP) is 0.733. The molecule has 0 unspecified atom stereocenters. The number of hydrogen-bond donors (Lipinski definition) is 2. The van der Waals surface area contributed by atoms with Crippen molar-refractivity contribution in [3.05, 3.63) is 35.9 Å². The number of nitrogens with one attached hydrogen (secondary N) is 1. The lowest BCUT2D eigenvalue weighted by atomic mass is 10.1. The van der Waals surface area contributed by atoms with Gasteiger partial charge in [-0.1, -0.05) is 30.3 Å². The number of thiol groups is 1. The molecule has 0 radical (unpaired) electrons. The minimum Gasteiger partial charge on any atom is -0.393 e. The molecule has 5 heteroatoms. The molecule has 1 aromatic rings. The molecule has 80 valence electrons. The van der Waals surface area contributed by atoms with Gasteiger partial charge in [-0.05, 0) is 5.56 Å². The van der Waals surface area contributed by atoms with Crippen LogP contribution in [-0.4, -0.2) is 18.4 Å². The molecule has 0 aliphatic carbocycles. The van der Waals surface area contributed by atoms with Crippen LogP contribution in [0.4, 0.5) is 0 Å². The van der Waals surface area contributed by atoms with E-state index in [0.29, 0.717) is 0 Å². The first-order valence-electron chi connectivity index (χ1n) is 4.37. The van der Waals surface area contributed by atoms with Crippen LogP contribution in [0.5, 0.6) is 0 Å². The zero-order valence-electron chi connectivity index (χ0n) is 7.97. The first kappa shape index (κ1) is 11.6. The summed E-state index contributed by atoms with van der Waals surface area (Å²) in [6.45, 7) is -0.158. The van der Waals surface area contributed by atoms with Crippen LogP contribution in [0.3, 0.4) is 0 Å². The molecular formula is C10H11NO3S. The topological polar surface area (TPSA) is 55.4 Å². The van der Waals surface area contributed by atoms with Crippen molar-refractivity contribution < 1.29 is 13.8 Å². The van der Waals surface area contributed by atoms with Crippen molar-refractivity contribution in [3.63, 3.8) is 0 Å². The molecule has 1 amide bonds. The standard InChI is InChI=1S/C10H11NO3S/c12-9(11-7-10(13)14-15)6-8-4-2-1-3-5-8/h1-5,15H,6-7H2,(H,11,12).